The Morgan fingerprint density at radius 2 is 1.91 bits per heavy atom. The highest BCUT2D eigenvalue weighted by atomic mass is 16.1. The number of nitrogens with two attached hydrogens (primary N) is 1. The minimum Gasteiger partial charge on any atom is -0.384 e. The van der Waals surface area contributed by atoms with Crippen LogP contribution in [0.5, 0.6) is 0 Å². The Kier molecular flexibility index (Phi) is 5.51. The predicted molar refractivity (Wildman–Crippen MR) is 125 cm³/mol. The number of nitrogens with zero attached hydrogens (tertiary/aromatic N) is 4. The summed E-state index contributed by atoms with van der Waals surface area (Å²) < 4.78 is 0. The van der Waals surface area contributed by atoms with Crippen LogP contribution in [0, 0.1) is 0 Å². The maximum atomic E-state index is 12.8. The van der Waals surface area contributed by atoms with E-state index in [9.17, 15) is 4.79 Å². The number of hydrogen-bond donors (Lipinski definition) is 3. The van der Waals surface area contributed by atoms with E-state index < -0.39 is 0 Å². The molecule has 1 aliphatic rings. The number of H-pyrrole nitrogens is 1. The van der Waals surface area contributed by atoms with Crippen LogP contribution < -0.4 is 11.1 Å². The molecule has 1 amide bonds. The van der Waals surface area contributed by atoms with Crippen LogP contribution in [0.25, 0.3) is 22.0 Å². The van der Waals surface area contributed by atoms with Crippen molar-refractivity contribution in [1.82, 2.24) is 25.1 Å². The molecule has 1 aromatic carbocycles. The molecule has 1 aliphatic heterocycles. The van der Waals surface area contributed by atoms with Gasteiger partial charge in [0.2, 0.25) is 0 Å². The molecule has 0 bridgehead atoms. The summed E-state index contributed by atoms with van der Waals surface area (Å²) in [6, 6.07) is 11.5. The zero-order valence-electron chi connectivity index (χ0n) is 17.7. The number of benzene rings is 1. The topological polar surface area (TPSA) is 113 Å². The lowest BCUT2D eigenvalue weighted by Gasteiger charge is -2.26. The monoisotopic (exact) mass is 427 g/mol. The molecule has 1 saturated heterocycles. The minimum absolute atomic E-state index is 0.308. The van der Waals surface area contributed by atoms with E-state index in [4.69, 9.17) is 5.73 Å². The van der Waals surface area contributed by atoms with E-state index in [2.05, 4.69) is 36.4 Å². The molecule has 0 atom stereocenters. The summed E-state index contributed by atoms with van der Waals surface area (Å²) in [6.45, 7) is 3.21. The fourth-order valence-corrected chi connectivity index (χ4v) is 4.14. The van der Waals surface area contributed by atoms with Gasteiger partial charge in [-0.1, -0.05) is 12.5 Å². The fourth-order valence-electron chi connectivity index (χ4n) is 4.14. The number of nitrogens with one attached hydrogen (secondary N) is 2. The molecular weight excluding hydrogens is 402 g/mol. The Morgan fingerprint density at radius 3 is 2.72 bits per heavy atom. The van der Waals surface area contributed by atoms with Crippen LogP contribution in [0.4, 0.5) is 11.5 Å². The highest BCUT2D eigenvalue weighted by Gasteiger charge is 2.16. The number of hydrogen-bond acceptors (Lipinski definition) is 6. The van der Waals surface area contributed by atoms with Crippen molar-refractivity contribution in [2.24, 2.45) is 0 Å². The summed E-state index contributed by atoms with van der Waals surface area (Å²) >= 11 is 0. The van der Waals surface area contributed by atoms with Gasteiger partial charge < -0.3 is 11.1 Å². The Balaban J connectivity index is 1.40. The Labute approximate surface area is 185 Å². The van der Waals surface area contributed by atoms with Crippen LogP contribution in [-0.4, -0.2) is 44.1 Å². The van der Waals surface area contributed by atoms with E-state index >= 15 is 0 Å². The van der Waals surface area contributed by atoms with Gasteiger partial charge in [0.25, 0.3) is 5.91 Å². The predicted octanol–water partition coefficient (Wildman–Crippen LogP) is 3.84. The summed E-state index contributed by atoms with van der Waals surface area (Å²) in [7, 11) is 0. The summed E-state index contributed by atoms with van der Waals surface area (Å²) in [5, 5.41) is 10.7. The van der Waals surface area contributed by atoms with Crippen molar-refractivity contribution in [3.63, 3.8) is 0 Å². The van der Waals surface area contributed by atoms with Gasteiger partial charge in [0, 0.05) is 29.9 Å². The summed E-state index contributed by atoms with van der Waals surface area (Å²) in [5.74, 6) is 0.0888. The highest BCUT2D eigenvalue weighted by molar-refractivity contribution is 6.11. The molecule has 3 aromatic heterocycles. The molecule has 8 heteroatoms. The number of anilines is 2. The molecule has 0 spiro atoms. The maximum absolute atomic E-state index is 12.8. The van der Waals surface area contributed by atoms with Gasteiger partial charge in [0.1, 0.15) is 5.82 Å². The van der Waals surface area contributed by atoms with Crippen molar-refractivity contribution in [2.45, 2.75) is 25.8 Å². The number of nitrogen functional groups attached to an aromatic ring is 1. The molecule has 8 nitrogen and oxygen atoms in total. The van der Waals surface area contributed by atoms with E-state index in [-0.39, 0.29) is 5.91 Å². The minimum atomic E-state index is -0.308. The maximum Gasteiger partial charge on any atom is 0.276 e. The van der Waals surface area contributed by atoms with Crippen LogP contribution in [0.3, 0.4) is 0 Å². The number of pyridine rings is 2. The Hall–Kier alpha value is -3.78. The SMILES string of the molecule is Nc1ccc(NC(=O)c2n[nH]c3ccc(-c4cncc(CN5CCCCC5)c4)cc23)cn1. The van der Waals surface area contributed by atoms with Crippen molar-refractivity contribution in [2.75, 3.05) is 24.1 Å². The van der Waals surface area contributed by atoms with E-state index in [1.807, 2.05) is 30.6 Å². The van der Waals surface area contributed by atoms with Gasteiger partial charge >= 0.3 is 0 Å². The smallest absolute Gasteiger partial charge is 0.276 e. The number of piperidine rings is 1. The average Bonchev–Trinajstić information content (AvgIpc) is 3.25. The third-order valence-corrected chi connectivity index (χ3v) is 5.81. The van der Waals surface area contributed by atoms with Crippen LogP contribution >= 0.6 is 0 Å². The third-order valence-electron chi connectivity index (χ3n) is 5.81. The molecule has 32 heavy (non-hydrogen) atoms. The number of aromatic amines is 1. The van der Waals surface area contributed by atoms with Gasteiger partial charge in [-0.25, -0.2) is 4.98 Å². The lowest BCUT2D eigenvalue weighted by molar-refractivity contribution is 0.102. The molecule has 4 N–H and O–H groups in total. The largest absolute Gasteiger partial charge is 0.384 e. The zero-order chi connectivity index (χ0) is 21.9. The lowest BCUT2D eigenvalue weighted by Crippen LogP contribution is -2.29. The van der Waals surface area contributed by atoms with Crippen molar-refractivity contribution < 1.29 is 4.79 Å². The number of carbonyl (C=O) groups is 1. The molecule has 1 fully saturated rings. The Bertz CT molecular complexity index is 1240. The van der Waals surface area contributed by atoms with E-state index in [0.29, 0.717) is 17.2 Å². The molecule has 4 aromatic rings. The summed E-state index contributed by atoms with van der Waals surface area (Å²) in [6.07, 6.45) is 9.18. The van der Waals surface area contributed by atoms with Gasteiger partial charge in [-0.05, 0) is 67.4 Å². The zero-order valence-corrected chi connectivity index (χ0v) is 17.7. The summed E-state index contributed by atoms with van der Waals surface area (Å²) in [5.41, 5.74) is 10.5. The van der Waals surface area contributed by atoms with Crippen LogP contribution in [-0.2, 0) is 6.54 Å². The molecule has 0 unspecified atom stereocenters. The molecule has 0 saturated carbocycles. The lowest BCUT2D eigenvalue weighted by atomic mass is 10.0. The van der Waals surface area contributed by atoms with E-state index in [1.54, 1.807) is 12.1 Å². The second kappa shape index (κ2) is 8.76. The normalized spacial score (nSPS) is 14.5. The van der Waals surface area contributed by atoms with Crippen LogP contribution in [0.2, 0.25) is 0 Å². The number of fused-ring (bicyclic) bond motifs is 1. The summed E-state index contributed by atoms with van der Waals surface area (Å²) in [4.78, 5) is 23.8. The standard InChI is InChI=1S/C24H25N7O/c25-22-7-5-19(14-27-22)28-24(32)23-20-11-17(4-6-21(20)29-30-23)18-10-16(12-26-13-18)15-31-8-2-1-3-9-31/h4-7,10-14H,1-3,8-9,15H2,(H2,25,27)(H,28,32)(H,29,30). The van der Waals surface area contributed by atoms with Gasteiger partial charge in [0.05, 0.1) is 17.4 Å². The molecule has 5 rings (SSSR count). The molecule has 162 valence electrons. The molecule has 0 radical (unpaired) electrons. The molecule has 0 aliphatic carbocycles. The first-order valence-corrected chi connectivity index (χ1v) is 10.8. The van der Waals surface area contributed by atoms with E-state index in [0.717, 1.165) is 41.7 Å². The van der Waals surface area contributed by atoms with Gasteiger partial charge in [0.15, 0.2) is 5.69 Å². The molecular formula is C24H25N7O. The van der Waals surface area contributed by atoms with Crippen molar-refractivity contribution in [3.8, 4) is 11.1 Å². The van der Waals surface area contributed by atoms with Crippen LogP contribution in [0.15, 0.2) is 55.0 Å². The first kappa shape index (κ1) is 20.1. The van der Waals surface area contributed by atoms with Crippen molar-refractivity contribution in [1.29, 1.82) is 0 Å². The first-order chi connectivity index (χ1) is 15.7. The number of rotatable bonds is 5. The van der Waals surface area contributed by atoms with Crippen molar-refractivity contribution >= 4 is 28.3 Å². The third kappa shape index (κ3) is 4.31. The first-order valence-electron chi connectivity index (χ1n) is 10.8. The fraction of sp³-hybridized carbons (Fsp3) is 0.250. The molecule has 4 heterocycles. The number of amides is 1. The second-order valence-corrected chi connectivity index (χ2v) is 8.18. The van der Waals surface area contributed by atoms with Gasteiger partial charge in [-0.2, -0.15) is 5.10 Å². The Morgan fingerprint density at radius 1 is 1.03 bits per heavy atom. The number of likely N-dealkylation sites (tertiary alicyclic amines) is 1. The van der Waals surface area contributed by atoms with Gasteiger partial charge in [-0.3, -0.25) is 19.8 Å². The number of carbonyl (C=O) groups excluding carboxylic acids is 1. The van der Waals surface area contributed by atoms with Crippen LogP contribution in [0.1, 0.15) is 35.3 Å². The highest BCUT2D eigenvalue weighted by Crippen LogP contribution is 2.26. The van der Waals surface area contributed by atoms with Crippen molar-refractivity contribution in [3.05, 3.63) is 66.2 Å². The van der Waals surface area contributed by atoms with E-state index in [1.165, 1.54) is 31.0 Å². The second-order valence-electron chi connectivity index (χ2n) is 8.18. The number of aromatic nitrogens is 4. The average molecular weight is 428 g/mol. The van der Waals surface area contributed by atoms with Gasteiger partial charge in [-0.15, -0.1) is 0 Å². The quantitative estimate of drug-likeness (QED) is 0.446.